The number of hydrogen-bond donors (Lipinski definition) is 1. The smallest absolute Gasteiger partial charge is 0.306 e. The molecule has 0 aromatic carbocycles. The third-order valence-electron chi connectivity index (χ3n) is 7.33. The van der Waals surface area contributed by atoms with Gasteiger partial charge in [0.1, 0.15) is 6.10 Å². The Balaban J connectivity index is 3.81. The Morgan fingerprint density at radius 1 is 0.500 bits per heavy atom. The molecule has 0 radical (unpaired) electrons. The summed E-state index contributed by atoms with van der Waals surface area (Å²) in [5, 5.41) is 8.70. The van der Waals surface area contributed by atoms with Gasteiger partial charge in [-0.05, 0) is 38.5 Å². The minimum absolute atomic E-state index is 0.00670. The van der Waals surface area contributed by atoms with Crippen molar-refractivity contribution < 1.29 is 19.4 Å². The number of carboxylic acids is 1. The van der Waals surface area contributed by atoms with Crippen molar-refractivity contribution in [3.8, 4) is 0 Å². The number of unbranched alkanes of at least 4 members (excludes halogenated alkanes) is 20. The van der Waals surface area contributed by atoms with Gasteiger partial charge in [0.25, 0.3) is 0 Å². The fourth-order valence-electron chi connectivity index (χ4n) is 4.95. The molecule has 0 aromatic rings. The van der Waals surface area contributed by atoms with Crippen LogP contribution < -0.4 is 0 Å². The van der Waals surface area contributed by atoms with Crippen molar-refractivity contribution in [3.63, 3.8) is 0 Å². The van der Waals surface area contributed by atoms with Crippen LogP contribution in [0.15, 0.2) is 0 Å². The van der Waals surface area contributed by atoms with Crippen LogP contribution in [0.4, 0.5) is 0 Å². The van der Waals surface area contributed by atoms with E-state index >= 15 is 0 Å². The number of hydrogen-bond acceptors (Lipinski definition) is 3. The van der Waals surface area contributed by atoms with Gasteiger partial charge in [-0.2, -0.15) is 0 Å². The molecule has 4 heteroatoms. The largest absolute Gasteiger partial charge is 0.481 e. The lowest BCUT2D eigenvalue weighted by molar-refractivity contribution is -0.150. The molecule has 0 bridgehead atoms. The van der Waals surface area contributed by atoms with E-state index in [-0.39, 0.29) is 18.5 Å². The van der Waals surface area contributed by atoms with Crippen molar-refractivity contribution in [2.75, 3.05) is 0 Å². The zero-order chi connectivity index (χ0) is 26.5. The van der Waals surface area contributed by atoms with E-state index in [1.165, 1.54) is 89.9 Å². The van der Waals surface area contributed by atoms with Gasteiger partial charge in [0, 0.05) is 12.8 Å². The van der Waals surface area contributed by atoms with Gasteiger partial charge in [0.2, 0.25) is 0 Å². The molecule has 0 saturated heterocycles. The molecule has 0 aliphatic heterocycles. The van der Waals surface area contributed by atoms with Crippen molar-refractivity contribution in [3.05, 3.63) is 0 Å². The maximum atomic E-state index is 12.4. The summed E-state index contributed by atoms with van der Waals surface area (Å²) in [6.45, 7) is 4.50. The van der Waals surface area contributed by atoms with Crippen LogP contribution in [0, 0.1) is 0 Å². The molecule has 4 nitrogen and oxygen atoms in total. The summed E-state index contributed by atoms with van der Waals surface area (Å²) in [5.74, 6) is -0.686. The first-order chi connectivity index (χ1) is 17.6. The van der Waals surface area contributed by atoms with Gasteiger partial charge in [0.15, 0.2) is 0 Å². The van der Waals surface area contributed by atoms with E-state index in [2.05, 4.69) is 13.8 Å². The zero-order valence-electron chi connectivity index (χ0n) is 24.3. The summed E-state index contributed by atoms with van der Waals surface area (Å²) in [5.41, 5.74) is 0. The molecule has 0 aliphatic carbocycles. The van der Waals surface area contributed by atoms with Crippen LogP contribution in [-0.2, 0) is 14.3 Å². The lowest BCUT2D eigenvalue weighted by Gasteiger charge is -2.18. The normalized spacial score (nSPS) is 12.1. The SMILES string of the molecule is CCCCCCCCCCCCCCCC(=O)OC(CCCCCC)CCCCCCCCC(=O)O. The highest BCUT2D eigenvalue weighted by atomic mass is 16.5. The van der Waals surface area contributed by atoms with Gasteiger partial charge in [-0.3, -0.25) is 9.59 Å². The van der Waals surface area contributed by atoms with E-state index in [0.717, 1.165) is 70.6 Å². The second kappa shape index (κ2) is 28.5. The highest BCUT2D eigenvalue weighted by Gasteiger charge is 2.14. The average Bonchev–Trinajstić information content (AvgIpc) is 2.85. The number of esters is 1. The first kappa shape index (κ1) is 34.9. The molecule has 1 atom stereocenters. The highest BCUT2D eigenvalue weighted by molar-refractivity contribution is 5.69. The predicted molar refractivity (Wildman–Crippen MR) is 154 cm³/mol. The minimum atomic E-state index is -0.693. The molecule has 0 aliphatic rings. The monoisotopic (exact) mass is 510 g/mol. The number of aliphatic carboxylic acids is 1. The zero-order valence-corrected chi connectivity index (χ0v) is 24.3. The maximum Gasteiger partial charge on any atom is 0.306 e. The van der Waals surface area contributed by atoms with E-state index in [1.807, 2.05) is 0 Å². The Labute approximate surface area is 224 Å². The second-order valence-corrected chi connectivity index (χ2v) is 11.0. The van der Waals surface area contributed by atoms with E-state index < -0.39 is 5.97 Å². The topological polar surface area (TPSA) is 63.6 Å². The summed E-state index contributed by atoms with van der Waals surface area (Å²) in [6.07, 6.45) is 31.2. The van der Waals surface area contributed by atoms with Crippen molar-refractivity contribution in [1.82, 2.24) is 0 Å². The fourth-order valence-corrected chi connectivity index (χ4v) is 4.95. The summed E-state index contributed by atoms with van der Waals surface area (Å²) in [7, 11) is 0. The summed E-state index contributed by atoms with van der Waals surface area (Å²) in [4.78, 5) is 23.0. The lowest BCUT2D eigenvalue weighted by Crippen LogP contribution is -2.18. The quantitative estimate of drug-likeness (QED) is 0.0802. The minimum Gasteiger partial charge on any atom is -0.481 e. The predicted octanol–water partition coefficient (Wildman–Crippen LogP) is 10.6. The van der Waals surface area contributed by atoms with Crippen LogP contribution in [0.2, 0.25) is 0 Å². The second-order valence-electron chi connectivity index (χ2n) is 11.0. The van der Waals surface area contributed by atoms with E-state index in [4.69, 9.17) is 9.84 Å². The molecule has 1 N–H and O–H groups in total. The number of carbonyl (C=O) groups excluding carboxylic acids is 1. The molecule has 0 saturated carbocycles. The first-order valence-corrected chi connectivity index (χ1v) is 16.0. The molecular formula is C32H62O4. The van der Waals surface area contributed by atoms with Crippen LogP contribution in [-0.4, -0.2) is 23.1 Å². The molecule has 36 heavy (non-hydrogen) atoms. The Bertz CT molecular complexity index is 477. The van der Waals surface area contributed by atoms with Gasteiger partial charge in [-0.1, -0.05) is 136 Å². The molecule has 0 heterocycles. The number of ether oxygens (including phenoxy) is 1. The van der Waals surface area contributed by atoms with Crippen LogP contribution in [0.25, 0.3) is 0 Å². The van der Waals surface area contributed by atoms with Crippen molar-refractivity contribution in [2.24, 2.45) is 0 Å². The Hall–Kier alpha value is -1.06. The molecule has 1 unspecified atom stereocenters. The summed E-state index contributed by atoms with van der Waals surface area (Å²) >= 11 is 0. The van der Waals surface area contributed by atoms with Gasteiger partial charge in [-0.15, -0.1) is 0 Å². The third kappa shape index (κ3) is 27.5. The van der Waals surface area contributed by atoms with Crippen molar-refractivity contribution in [1.29, 1.82) is 0 Å². The molecule has 0 rings (SSSR count). The Morgan fingerprint density at radius 3 is 1.25 bits per heavy atom. The van der Waals surface area contributed by atoms with E-state index in [1.54, 1.807) is 0 Å². The molecule has 0 aromatic heterocycles. The molecule has 0 amide bonds. The number of carboxylic acid groups (broad SMARTS) is 1. The summed E-state index contributed by atoms with van der Waals surface area (Å²) < 4.78 is 5.91. The van der Waals surface area contributed by atoms with Gasteiger partial charge < -0.3 is 9.84 Å². The van der Waals surface area contributed by atoms with Gasteiger partial charge >= 0.3 is 11.9 Å². The van der Waals surface area contributed by atoms with Crippen LogP contribution in [0.5, 0.6) is 0 Å². The highest BCUT2D eigenvalue weighted by Crippen LogP contribution is 2.18. The maximum absolute atomic E-state index is 12.4. The third-order valence-corrected chi connectivity index (χ3v) is 7.33. The van der Waals surface area contributed by atoms with Crippen LogP contribution in [0.3, 0.4) is 0 Å². The number of rotatable bonds is 29. The van der Waals surface area contributed by atoms with Crippen LogP contribution in [0.1, 0.15) is 187 Å². The first-order valence-electron chi connectivity index (χ1n) is 16.0. The molecular weight excluding hydrogens is 448 g/mol. The fraction of sp³-hybridized carbons (Fsp3) is 0.938. The molecule has 214 valence electrons. The number of carbonyl (C=O) groups is 2. The van der Waals surface area contributed by atoms with Crippen molar-refractivity contribution >= 4 is 11.9 Å². The van der Waals surface area contributed by atoms with Crippen LogP contribution >= 0.6 is 0 Å². The Morgan fingerprint density at radius 2 is 0.833 bits per heavy atom. The van der Waals surface area contributed by atoms with Gasteiger partial charge in [-0.25, -0.2) is 0 Å². The lowest BCUT2D eigenvalue weighted by atomic mass is 10.0. The van der Waals surface area contributed by atoms with E-state index in [9.17, 15) is 9.59 Å². The van der Waals surface area contributed by atoms with E-state index in [0.29, 0.717) is 6.42 Å². The van der Waals surface area contributed by atoms with Crippen molar-refractivity contribution in [2.45, 2.75) is 193 Å². The molecule has 0 fully saturated rings. The van der Waals surface area contributed by atoms with Gasteiger partial charge in [0.05, 0.1) is 0 Å². The standard InChI is InChI=1S/C32H62O4/c1-3-5-7-9-10-11-12-13-14-15-16-21-25-29-32(35)36-30(26-22-8-6-4-2)27-23-19-17-18-20-24-28-31(33)34/h30H,3-29H2,1-2H3,(H,33,34). The molecule has 0 spiro atoms. The summed E-state index contributed by atoms with van der Waals surface area (Å²) in [6, 6.07) is 0. The Kier molecular flexibility index (Phi) is 27.7. The average molecular weight is 511 g/mol.